The molecule has 0 unspecified atom stereocenters. The summed E-state index contributed by atoms with van der Waals surface area (Å²) in [6.45, 7) is -3.03. The summed E-state index contributed by atoms with van der Waals surface area (Å²) in [6, 6.07) is 8.73. The van der Waals surface area contributed by atoms with E-state index in [1.54, 1.807) is 24.3 Å². The van der Waals surface area contributed by atoms with E-state index in [0.29, 0.717) is 5.02 Å². The van der Waals surface area contributed by atoms with Gasteiger partial charge < -0.3 is 15.2 Å². The van der Waals surface area contributed by atoms with E-state index in [1.807, 2.05) is 0 Å². The summed E-state index contributed by atoms with van der Waals surface area (Å²) in [5.74, 6) is -1.56. The molecule has 21 heavy (non-hydrogen) atoms. The Morgan fingerprint density at radius 2 is 1.90 bits per heavy atom. The van der Waals surface area contributed by atoms with Gasteiger partial charge in [-0.15, -0.1) is 0 Å². The van der Waals surface area contributed by atoms with Crippen LogP contribution in [0.2, 0.25) is 5.02 Å². The maximum absolute atomic E-state index is 13.4. The van der Waals surface area contributed by atoms with Crippen molar-refractivity contribution in [1.82, 2.24) is 0 Å². The zero-order valence-corrected chi connectivity index (χ0v) is 11.4. The highest BCUT2D eigenvalue weighted by atomic mass is 35.5. The number of nitrogens with two attached hydrogens (primary N) is 1. The third kappa shape index (κ3) is 4.19. The number of hydrogen-bond donors (Lipinski definition) is 1. The highest BCUT2D eigenvalue weighted by molar-refractivity contribution is 6.30. The van der Waals surface area contributed by atoms with Gasteiger partial charge in [-0.1, -0.05) is 23.7 Å². The second kappa shape index (κ2) is 6.58. The molecule has 3 nitrogen and oxygen atoms in total. The van der Waals surface area contributed by atoms with Crippen LogP contribution < -0.4 is 15.2 Å². The molecule has 2 aromatic carbocycles. The summed E-state index contributed by atoms with van der Waals surface area (Å²) in [5.41, 5.74) is 6.32. The number of anilines is 1. The van der Waals surface area contributed by atoms with Crippen LogP contribution in [-0.4, -0.2) is 6.61 Å². The minimum absolute atomic E-state index is 0.0175. The van der Waals surface area contributed by atoms with Gasteiger partial charge in [0, 0.05) is 17.2 Å². The van der Waals surface area contributed by atoms with Crippen LogP contribution in [0.4, 0.5) is 18.9 Å². The summed E-state index contributed by atoms with van der Waals surface area (Å²) in [5, 5.41) is 0.532. The van der Waals surface area contributed by atoms with Crippen LogP contribution in [0.3, 0.4) is 0 Å². The van der Waals surface area contributed by atoms with Crippen LogP contribution in [0.15, 0.2) is 36.4 Å². The van der Waals surface area contributed by atoms with Gasteiger partial charge in [-0.05, 0) is 17.7 Å². The lowest BCUT2D eigenvalue weighted by atomic mass is 10.2. The lowest BCUT2D eigenvalue weighted by Gasteiger charge is -2.12. The van der Waals surface area contributed by atoms with Gasteiger partial charge in [0.2, 0.25) is 0 Å². The molecule has 7 heteroatoms. The average Bonchev–Trinajstić information content (AvgIpc) is 2.40. The predicted octanol–water partition coefficient (Wildman–Crippen LogP) is 4.24. The normalized spacial score (nSPS) is 10.7. The third-order valence-electron chi connectivity index (χ3n) is 2.56. The monoisotopic (exact) mass is 317 g/mol. The van der Waals surface area contributed by atoms with Crippen molar-refractivity contribution < 1.29 is 22.6 Å². The first-order valence-electron chi connectivity index (χ1n) is 5.87. The summed E-state index contributed by atoms with van der Waals surface area (Å²) in [7, 11) is 0. The quantitative estimate of drug-likeness (QED) is 0.839. The molecule has 0 spiro atoms. The fourth-order valence-electron chi connectivity index (χ4n) is 1.65. The van der Waals surface area contributed by atoms with Gasteiger partial charge in [0.15, 0.2) is 11.6 Å². The van der Waals surface area contributed by atoms with Crippen molar-refractivity contribution in [1.29, 1.82) is 0 Å². The molecule has 0 saturated heterocycles. The van der Waals surface area contributed by atoms with Crippen molar-refractivity contribution >= 4 is 17.3 Å². The molecule has 0 aliphatic carbocycles. The Hall–Kier alpha value is -2.08. The maximum Gasteiger partial charge on any atom is 0.387 e. The van der Waals surface area contributed by atoms with Crippen LogP contribution in [0.25, 0.3) is 0 Å². The molecule has 0 atom stereocenters. The Balaban J connectivity index is 2.15. The summed E-state index contributed by atoms with van der Waals surface area (Å²) < 4.78 is 47.1. The van der Waals surface area contributed by atoms with E-state index >= 15 is 0 Å². The van der Waals surface area contributed by atoms with Crippen molar-refractivity contribution in [3.05, 3.63) is 52.8 Å². The predicted molar refractivity (Wildman–Crippen MR) is 73.2 cm³/mol. The zero-order chi connectivity index (χ0) is 15.4. The van der Waals surface area contributed by atoms with Gasteiger partial charge in [0.25, 0.3) is 0 Å². The highest BCUT2D eigenvalue weighted by Crippen LogP contribution is 2.31. The molecule has 0 bridgehead atoms. The molecule has 2 aromatic rings. The smallest absolute Gasteiger partial charge is 0.387 e. The van der Waals surface area contributed by atoms with Gasteiger partial charge in [-0.3, -0.25) is 0 Å². The Morgan fingerprint density at radius 3 is 2.57 bits per heavy atom. The summed E-state index contributed by atoms with van der Waals surface area (Å²) >= 11 is 5.83. The maximum atomic E-state index is 13.4. The van der Waals surface area contributed by atoms with E-state index in [9.17, 15) is 13.2 Å². The summed E-state index contributed by atoms with van der Waals surface area (Å²) in [4.78, 5) is 0. The molecule has 0 saturated carbocycles. The van der Waals surface area contributed by atoms with Crippen molar-refractivity contribution in [2.45, 2.75) is 13.2 Å². The molecular weight excluding hydrogens is 307 g/mol. The number of nitrogen functional groups attached to an aromatic ring is 1. The van der Waals surface area contributed by atoms with Crippen molar-refractivity contribution in [3.63, 3.8) is 0 Å². The van der Waals surface area contributed by atoms with Gasteiger partial charge in [-0.25, -0.2) is 4.39 Å². The number of hydrogen-bond acceptors (Lipinski definition) is 3. The Bertz CT molecular complexity index is 638. The molecular formula is C14H11ClF3NO2. The Kier molecular flexibility index (Phi) is 4.80. The van der Waals surface area contributed by atoms with Crippen molar-refractivity contribution in [3.8, 4) is 11.5 Å². The average molecular weight is 318 g/mol. The van der Waals surface area contributed by atoms with E-state index in [4.69, 9.17) is 22.1 Å². The van der Waals surface area contributed by atoms with E-state index in [-0.39, 0.29) is 18.0 Å². The van der Waals surface area contributed by atoms with E-state index in [1.165, 1.54) is 0 Å². The Morgan fingerprint density at radius 1 is 1.14 bits per heavy atom. The number of ether oxygens (including phenoxy) is 2. The van der Waals surface area contributed by atoms with Gasteiger partial charge >= 0.3 is 6.61 Å². The molecule has 0 fully saturated rings. The lowest BCUT2D eigenvalue weighted by Crippen LogP contribution is -2.06. The first kappa shape index (κ1) is 15.3. The van der Waals surface area contributed by atoms with Gasteiger partial charge in [-0.2, -0.15) is 8.78 Å². The SMILES string of the molecule is Nc1cc(F)c(OC(F)F)cc1OCc1cccc(Cl)c1. The standard InChI is InChI=1S/C14H11ClF3NO2/c15-9-3-1-2-8(4-9)7-20-13-6-12(21-14(17)18)10(16)5-11(13)19/h1-6,14H,7,19H2. The molecule has 0 radical (unpaired) electrons. The van der Waals surface area contributed by atoms with E-state index < -0.39 is 18.2 Å². The van der Waals surface area contributed by atoms with Gasteiger partial charge in [0.05, 0.1) is 5.69 Å². The summed E-state index contributed by atoms with van der Waals surface area (Å²) in [6.07, 6.45) is 0. The molecule has 0 amide bonds. The molecule has 0 aliphatic rings. The third-order valence-corrected chi connectivity index (χ3v) is 2.80. The molecule has 2 rings (SSSR count). The second-order valence-electron chi connectivity index (χ2n) is 4.12. The molecule has 0 aromatic heterocycles. The molecule has 112 valence electrons. The number of alkyl halides is 2. The zero-order valence-electron chi connectivity index (χ0n) is 10.7. The number of halogens is 4. The van der Waals surface area contributed by atoms with Crippen LogP contribution in [-0.2, 0) is 6.61 Å². The van der Waals surface area contributed by atoms with Crippen LogP contribution in [0, 0.1) is 5.82 Å². The number of rotatable bonds is 5. The number of benzene rings is 2. The largest absolute Gasteiger partial charge is 0.487 e. The van der Waals surface area contributed by atoms with E-state index in [2.05, 4.69) is 4.74 Å². The molecule has 2 N–H and O–H groups in total. The van der Waals surface area contributed by atoms with Crippen LogP contribution in [0.1, 0.15) is 5.56 Å². The van der Waals surface area contributed by atoms with Crippen LogP contribution >= 0.6 is 11.6 Å². The fraction of sp³-hybridized carbons (Fsp3) is 0.143. The molecule has 0 heterocycles. The molecule has 0 aliphatic heterocycles. The highest BCUT2D eigenvalue weighted by Gasteiger charge is 2.14. The first-order valence-corrected chi connectivity index (χ1v) is 6.24. The fourth-order valence-corrected chi connectivity index (χ4v) is 1.86. The van der Waals surface area contributed by atoms with Gasteiger partial charge in [0.1, 0.15) is 12.4 Å². The first-order chi connectivity index (χ1) is 9.95. The van der Waals surface area contributed by atoms with Crippen molar-refractivity contribution in [2.75, 3.05) is 5.73 Å². The lowest BCUT2D eigenvalue weighted by molar-refractivity contribution is -0.0522. The topological polar surface area (TPSA) is 44.5 Å². The minimum atomic E-state index is -3.14. The van der Waals surface area contributed by atoms with Crippen molar-refractivity contribution in [2.24, 2.45) is 0 Å². The Labute approximate surface area is 124 Å². The second-order valence-corrected chi connectivity index (χ2v) is 4.55. The van der Waals surface area contributed by atoms with Crippen LogP contribution in [0.5, 0.6) is 11.5 Å². The minimum Gasteiger partial charge on any atom is -0.487 e. The van der Waals surface area contributed by atoms with E-state index in [0.717, 1.165) is 17.7 Å².